The average molecular weight is 342 g/mol. The van der Waals surface area contributed by atoms with E-state index in [9.17, 15) is 4.79 Å². The molecule has 2 aromatic heterocycles. The van der Waals surface area contributed by atoms with Crippen molar-refractivity contribution in [3.8, 4) is 16.5 Å². The SMILES string of the molecule is CCOc1ccccc1C(=O)NCc1sc(-c2ccco2)nc1C. The molecule has 0 spiro atoms. The molecule has 1 amide bonds. The maximum absolute atomic E-state index is 12.4. The van der Waals surface area contributed by atoms with Gasteiger partial charge in [0.2, 0.25) is 0 Å². The molecule has 0 aliphatic carbocycles. The lowest BCUT2D eigenvalue weighted by atomic mass is 10.2. The van der Waals surface area contributed by atoms with Crippen molar-refractivity contribution >= 4 is 17.2 Å². The molecular weight excluding hydrogens is 324 g/mol. The highest BCUT2D eigenvalue weighted by molar-refractivity contribution is 7.15. The number of rotatable bonds is 6. The predicted molar refractivity (Wildman–Crippen MR) is 93.3 cm³/mol. The van der Waals surface area contributed by atoms with Crippen LogP contribution in [-0.2, 0) is 6.54 Å². The minimum Gasteiger partial charge on any atom is -0.493 e. The van der Waals surface area contributed by atoms with Crippen LogP contribution in [-0.4, -0.2) is 17.5 Å². The van der Waals surface area contributed by atoms with Gasteiger partial charge in [0.1, 0.15) is 5.75 Å². The van der Waals surface area contributed by atoms with E-state index in [1.165, 1.54) is 11.3 Å². The van der Waals surface area contributed by atoms with Crippen molar-refractivity contribution in [2.24, 2.45) is 0 Å². The molecule has 0 saturated carbocycles. The Balaban J connectivity index is 1.71. The van der Waals surface area contributed by atoms with Gasteiger partial charge in [0.05, 0.1) is 30.7 Å². The van der Waals surface area contributed by atoms with E-state index in [4.69, 9.17) is 9.15 Å². The molecule has 6 heteroatoms. The van der Waals surface area contributed by atoms with Gasteiger partial charge in [-0.25, -0.2) is 4.98 Å². The molecule has 0 aliphatic rings. The van der Waals surface area contributed by atoms with Gasteiger partial charge in [0.25, 0.3) is 5.91 Å². The van der Waals surface area contributed by atoms with Crippen LogP contribution in [0.25, 0.3) is 10.8 Å². The second-order valence-electron chi connectivity index (χ2n) is 5.12. The molecule has 124 valence electrons. The van der Waals surface area contributed by atoms with E-state index in [1.54, 1.807) is 18.4 Å². The van der Waals surface area contributed by atoms with Crippen LogP contribution in [0.2, 0.25) is 0 Å². The van der Waals surface area contributed by atoms with Gasteiger partial charge in [-0.3, -0.25) is 4.79 Å². The Morgan fingerprint density at radius 2 is 2.12 bits per heavy atom. The maximum atomic E-state index is 12.4. The molecule has 5 nitrogen and oxygen atoms in total. The first-order chi connectivity index (χ1) is 11.7. The Morgan fingerprint density at radius 3 is 2.88 bits per heavy atom. The zero-order valence-electron chi connectivity index (χ0n) is 13.5. The van der Waals surface area contributed by atoms with Crippen LogP contribution in [0.15, 0.2) is 47.1 Å². The minimum atomic E-state index is -0.161. The molecule has 0 fully saturated rings. The quantitative estimate of drug-likeness (QED) is 0.734. The van der Waals surface area contributed by atoms with E-state index in [0.717, 1.165) is 21.3 Å². The Morgan fingerprint density at radius 1 is 1.29 bits per heavy atom. The lowest BCUT2D eigenvalue weighted by molar-refractivity contribution is 0.0947. The molecule has 1 aromatic carbocycles. The number of hydrogen-bond acceptors (Lipinski definition) is 5. The second kappa shape index (κ2) is 7.31. The first kappa shape index (κ1) is 16.3. The van der Waals surface area contributed by atoms with Gasteiger partial charge < -0.3 is 14.5 Å². The predicted octanol–water partition coefficient (Wildman–Crippen LogP) is 4.04. The fourth-order valence-electron chi connectivity index (χ4n) is 2.29. The number of ether oxygens (including phenoxy) is 1. The minimum absolute atomic E-state index is 0.161. The van der Waals surface area contributed by atoms with E-state index in [0.29, 0.717) is 24.5 Å². The summed E-state index contributed by atoms with van der Waals surface area (Å²) in [6.45, 7) is 4.76. The van der Waals surface area contributed by atoms with E-state index in [1.807, 2.05) is 38.1 Å². The summed E-state index contributed by atoms with van der Waals surface area (Å²) in [4.78, 5) is 17.9. The third-order valence-corrected chi connectivity index (χ3v) is 4.64. The van der Waals surface area contributed by atoms with Crippen LogP contribution in [0, 0.1) is 6.92 Å². The van der Waals surface area contributed by atoms with Gasteiger partial charge in [-0.2, -0.15) is 0 Å². The highest BCUT2D eigenvalue weighted by Gasteiger charge is 2.15. The van der Waals surface area contributed by atoms with Crippen LogP contribution >= 0.6 is 11.3 Å². The van der Waals surface area contributed by atoms with E-state index < -0.39 is 0 Å². The molecular formula is C18H18N2O3S. The summed E-state index contributed by atoms with van der Waals surface area (Å²) in [5, 5.41) is 3.75. The number of amides is 1. The monoisotopic (exact) mass is 342 g/mol. The third-order valence-electron chi connectivity index (χ3n) is 3.47. The van der Waals surface area contributed by atoms with Crippen molar-refractivity contribution in [3.05, 3.63) is 58.8 Å². The molecule has 0 radical (unpaired) electrons. The topological polar surface area (TPSA) is 64.4 Å². The largest absolute Gasteiger partial charge is 0.493 e. The van der Waals surface area contributed by atoms with Gasteiger partial charge in [-0.05, 0) is 38.1 Å². The Bertz CT molecular complexity index is 825. The lowest BCUT2D eigenvalue weighted by Gasteiger charge is -2.10. The third kappa shape index (κ3) is 3.49. The molecule has 0 aliphatic heterocycles. The van der Waals surface area contributed by atoms with Crippen molar-refractivity contribution in [3.63, 3.8) is 0 Å². The molecule has 3 rings (SSSR count). The Hall–Kier alpha value is -2.60. The fraction of sp³-hybridized carbons (Fsp3) is 0.222. The number of hydrogen-bond donors (Lipinski definition) is 1. The number of para-hydroxylation sites is 1. The number of benzene rings is 1. The van der Waals surface area contributed by atoms with Crippen LogP contribution < -0.4 is 10.1 Å². The van der Waals surface area contributed by atoms with Crippen LogP contribution in [0.5, 0.6) is 5.75 Å². The second-order valence-corrected chi connectivity index (χ2v) is 6.20. The van der Waals surface area contributed by atoms with Crippen molar-refractivity contribution in [2.75, 3.05) is 6.61 Å². The average Bonchev–Trinajstić information content (AvgIpc) is 3.23. The first-order valence-electron chi connectivity index (χ1n) is 7.69. The molecule has 0 unspecified atom stereocenters. The van der Waals surface area contributed by atoms with Gasteiger partial charge >= 0.3 is 0 Å². The Kier molecular flexibility index (Phi) is 4.96. The summed E-state index contributed by atoms with van der Waals surface area (Å²) in [5.74, 6) is 1.17. The number of carbonyl (C=O) groups excluding carboxylic acids is 1. The summed E-state index contributed by atoms with van der Waals surface area (Å²) in [6, 6.07) is 10.9. The lowest BCUT2D eigenvalue weighted by Crippen LogP contribution is -2.23. The number of thiazole rings is 1. The van der Waals surface area contributed by atoms with Crippen LogP contribution in [0.1, 0.15) is 27.9 Å². The highest BCUT2D eigenvalue weighted by atomic mass is 32.1. The van der Waals surface area contributed by atoms with Gasteiger partial charge in [0.15, 0.2) is 10.8 Å². The summed E-state index contributed by atoms with van der Waals surface area (Å²) < 4.78 is 10.9. The van der Waals surface area contributed by atoms with Gasteiger partial charge in [0, 0.05) is 4.88 Å². The summed E-state index contributed by atoms with van der Waals surface area (Å²) in [7, 11) is 0. The Labute approximate surface area is 144 Å². The van der Waals surface area contributed by atoms with E-state index in [-0.39, 0.29) is 5.91 Å². The van der Waals surface area contributed by atoms with Crippen molar-refractivity contribution in [2.45, 2.75) is 20.4 Å². The van der Waals surface area contributed by atoms with Gasteiger partial charge in [-0.15, -0.1) is 11.3 Å². The summed E-state index contributed by atoms with van der Waals surface area (Å²) in [5.41, 5.74) is 1.43. The number of furan rings is 1. The number of nitrogens with one attached hydrogen (secondary N) is 1. The molecule has 0 atom stereocenters. The molecule has 0 saturated heterocycles. The van der Waals surface area contributed by atoms with E-state index >= 15 is 0 Å². The standard InChI is InChI=1S/C18H18N2O3S/c1-3-22-14-8-5-4-7-13(14)17(21)19-11-16-12(2)20-18(24-16)15-9-6-10-23-15/h4-10H,3,11H2,1-2H3,(H,19,21). The smallest absolute Gasteiger partial charge is 0.255 e. The fourth-order valence-corrected chi connectivity index (χ4v) is 3.26. The highest BCUT2D eigenvalue weighted by Crippen LogP contribution is 2.28. The zero-order valence-corrected chi connectivity index (χ0v) is 14.4. The maximum Gasteiger partial charge on any atom is 0.255 e. The number of carbonyl (C=O) groups is 1. The van der Waals surface area contributed by atoms with Crippen LogP contribution in [0.4, 0.5) is 0 Å². The molecule has 24 heavy (non-hydrogen) atoms. The zero-order chi connectivity index (χ0) is 16.9. The van der Waals surface area contributed by atoms with Gasteiger partial charge in [-0.1, -0.05) is 12.1 Å². The molecule has 2 heterocycles. The van der Waals surface area contributed by atoms with Crippen molar-refractivity contribution in [1.29, 1.82) is 0 Å². The summed E-state index contributed by atoms with van der Waals surface area (Å²) in [6.07, 6.45) is 1.62. The summed E-state index contributed by atoms with van der Waals surface area (Å²) >= 11 is 1.52. The number of aromatic nitrogens is 1. The van der Waals surface area contributed by atoms with Crippen LogP contribution in [0.3, 0.4) is 0 Å². The number of nitrogens with zero attached hydrogens (tertiary/aromatic N) is 1. The van der Waals surface area contributed by atoms with Crippen molar-refractivity contribution < 1.29 is 13.9 Å². The first-order valence-corrected chi connectivity index (χ1v) is 8.51. The number of aryl methyl sites for hydroxylation is 1. The molecule has 0 bridgehead atoms. The normalized spacial score (nSPS) is 10.6. The van der Waals surface area contributed by atoms with Crippen molar-refractivity contribution in [1.82, 2.24) is 10.3 Å². The molecule has 3 aromatic rings. The molecule has 1 N–H and O–H groups in total. The van der Waals surface area contributed by atoms with E-state index in [2.05, 4.69) is 10.3 Å².